The highest BCUT2D eigenvalue weighted by Crippen LogP contribution is 2.29. The first-order valence-electron chi connectivity index (χ1n) is 6.66. The zero-order chi connectivity index (χ0) is 13.4. The number of imidazole rings is 1. The van der Waals surface area contributed by atoms with Crippen molar-refractivity contribution >= 4 is 17.1 Å². The molecule has 1 fully saturated rings. The van der Waals surface area contributed by atoms with Crippen LogP contribution in [0.3, 0.4) is 0 Å². The van der Waals surface area contributed by atoms with E-state index < -0.39 is 0 Å². The zero-order valence-electron chi connectivity index (χ0n) is 10.6. The monoisotopic (exact) mass is 262 g/mol. The summed E-state index contributed by atoms with van der Waals surface area (Å²) in [6.07, 6.45) is 5.49. The van der Waals surface area contributed by atoms with Crippen LogP contribution in [-0.2, 0) is 0 Å². The van der Waals surface area contributed by atoms with E-state index in [1.165, 1.54) is 6.42 Å². The lowest BCUT2D eigenvalue weighted by atomic mass is 9.95. The number of hydrogen-bond donors (Lipinski definition) is 4. The van der Waals surface area contributed by atoms with Crippen molar-refractivity contribution in [2.45, 2.75) is 44.1 Å². The van der Waals surface area contributed by atoms with Gasteiger partial charge >= 0.3 is 0 Å². The first-order valence-corrected chi connectivity index (χ1v) is 6.66. The van der Waals surface area contributed by atoms with E-state index in [4.69, 9.17) is 11.5 Å². The van der Waals surface area contributed by atoms with Crippen LogP contribution in [0.2, 0.25) is 0 Å². The third kappa shape index (κ3) is 2.21. The molecule has 2 atom stereocenters. The molecular weight excluding hydrogens is 244 g/mol. The van der Waals surface area contributed by atoms with Crippen LogP contribution >= 0.6 is 0 Å². The fraction of sp³-hybridized carbons (Fsp3) is 0.583. The van der Waals surface area contributed by atoms with Gasteiger partial charge in [0.25, 0.3) is 5.56 Å². The lowest BCUT2D eigenvalue weighted by Gasteiger charge is -2.18. The Kier molecular flexibility index (Phi) is 2.98. The Hall–Kier alpha value is -1.89. The molecule has 0 aromatic carbocycles. The van der Waals surface area contributed by atoms with Gasteiger partial charge in [-0.05, 0) is 12.8 Å². The van der Waals surface area contributed by atoms with Crippen molar-refractivity contribution in [2.24, 2.45) is 5.73 Å². The highest BCUT2D eigenvalue weighted by Gasteiger charge is 2.25. The van der Waals surface area contributed by atoms with E-state index in [2.05, 4.69) is 19.9 Å². The maximum absolute atomic E-state index is 11.8. The van der Waals surface area contributed by atoms with Gasteiger partial charge in [0.2, 0.25) is 5.95 Å². The molecule has 0 saturated heterocycles. The Morgan fingerprint density at radius 3 is 2.74 bits per heavy atom. The molecule has 19 heavy (non-hydrogen) atoms. The summed E-state index contributed by atoms with van der Waals surface area (Å²) in [5.41, 5.74) is 12.2. The molecule has 1 aliphatic rings. The fourth-order valence-electron chi connectivity index (χ4n) is 2.79. The van der Waals surface area contributed by atoms with Crippen LogP contribution in [0.4, 0.5) is 5.95 Å². The number of hydrogen-bond acceptors (Lipinski definition) is 5. The SMILES string of the molecule is Nc1nc2nc(C3CCCCCC3N)[nH]c2c(=O)[nH]1. The van der Waals surface area contributed by atoms with Gasteiger partial charge in [-0.2, -0.15) is 4.98 Å². The van der Waals surface area contributed by atoms with Gasteiger partial charge in [0, 0.05) is 12.0 Å². The Bertz CT molecular complexity index is 645. The largest absolute Gasteiger partial charge is 0.369 e. The fourth-order valence-corrected chi connectivity index (χ4v) is 2.79. The molecule has 0 spiro atoms. The van der Waals surface area contributed by atoms with Crippen molar-refractivity contribution in [3.05, 3.63) is 16.2 Å². The molecule has 7 heteroatoms. The first kappa shape index (κ1) is 12.2. The van der Waals surface area contributed by atoms with Crippen molar-refractivity contribution < 1.29 is 0 Å². The van der Waals surface area contributed by atoms with Crippen LogP contribution in [0.1, 0.15) is 43.8 Å². The minimum absolute atomic E-state index is 0.0829. The third-order valence-electron chi connectivity index (χ3n) is 3.82. The van der Waals surface area contributed by atoms with Crippen LogP contribution in [0.5, 0.6) is 0 Å². The summed E-state index contributed by atoms with van der Waals surface area (Å²) in [5, 5.41) is 0. The second-order valence-corrected chi connectivity index (χ2v) is 5.18. The van der Waals surface area contributed by atoms with E-state index in [1.54, 1.807) is 0 Å². The van der Waals surface area contributed by atoms with E-state index in [9.17, 15) is 4.79 Å². The smallest absolute Gasteiger partial charge is 0.278 e. The molecule has 2 heterocycles. The van der Waals surface area contributed by atoms with E-state index in [0.717, 1.165) is 31.5 Å². The number of anilines is 1. The second-order valence-electron chi connectivity index (χ2n) is 5.18. The number of fused-ring (bicyclic) bond motifs is 1. The minimum atomic E-state index is -0.288. The quantitative estimate of drug-likeness (QED) is 0.560. The summed E-state index contributed by atoms with van der Waals surface area (Å²) in [4.78, 5) is 25.7. The predicted molar refractivity (Wildman–Crippen MR) is 72.7 cm³/mol. The van der Waals surface area contributed by atoms with E-state index >= 15 is 0 Å². The molecule has 0 amide bonds. The topological polar surface area (TPSA) is 126 Å². The van der Waals surface area contributed by atoms with Gasteiger partial charge in [0.1, 0.15) is 5.82 Å². The number of nitrogens with zero attached hydrogens (tertiary/aromatic N) is 2. The average Bonchev–Trinajstić information content (AvgIpc) is 2.65. The van der Waals surface area contributed by atoms with Crippen molar-refractivity contribution in [3.8, 4) is 0 Å². The Morgan fingerprint density at radius 2 is 1.89 bits per heavy atom. The van der Waals surface area contributed by atoms with Gasteiger partial charge in [-0.25, -0.2) is 4.98 Å². The van der Waals surface area contributed by atoms with E-state index in [0.29, 0.717) is 11.2 Å². The average molecular weight is 262 g/mol. The van der Waals surface area contributed by atoms with Crippen LogP contribution < -0.4 is 17.0 Å². The summed E-state index contributed by atoms with van der Waals surface area (Å²) >= 11 is 0. The summed E-state index contributed by atoms with van der Waals surface area (Å²) in [5.74, 6) is 1.01. The van der Waals surface area contributed by atoms with E-state index in [-0.39, 0.29) is 23.5 Å². The van der Waals surface area contributed by atoms with Crippen LogP contribution in [0.15, 0.2) is 4.79 Å². The molecule has 0 bridgehead atoms. The van der Waals surface area contributed by atoms with E-state index in [1.807, 2.05) is 0 Å². The van der Waals surface area contributed by atoms with Crippen molar-refractivity contribution in [1.29, 1.82) is 0 Å². The first-order chi connectivity index (χ1) is 9.15. The van der Waals surface area contributed by atoms with Gasteiger partial charge in [0.15, 0.2) is 11.2 Å². The minimum Gasteiger partial charge on any atom is -0.369 e. The molecule has 7 nitrogen and oxygen atoms in total. The summed E-state index contributed by atoms with van der Waals surface area (Å²) in [6, 6.07) is 0.0829. The number of aromatic amines is 2. The Morgan fingerprint density at radius 1 is 1.11 bits per heavy atom. The lowest BCUT2D eigenvalue weighted by molar-refractivity contribution is 0.488. The maximum Gasteiger partial charge on any atom is 0.278 e. The summed E-state index contributed by atoms with van der Waals surface area (Å²) < 4.78 is 0. The van der Waals surface area contributed by atoms with Gasteiger partial charge in [-0.3, -0.25) is 9.78 Å². The summed E-state index contributed by atoms with van der Waals surface area (Å²) in [6.45, 7) is 0. The molecule has 0 aliphatic heterocycles. The predicted octanol–water partition coefficient (Wildman–Crippen LogP) is 0.603. The molecule has 6 N–H and O–H groups in total. The van der Waals surface area contributed by atoms with Gasteiger partial charge in [-0.15, -0.1) is 0 Å². The normalized spacial score (nSPS) is 24.5. The highest BCUT2D eigenvalue weighted by molar-refractivity contribution is 5.70. The number of H-pyrrole nitrogens is 2. The van der Waals surface area contributed by atoms with Crippen molar-refractivity contribution in [2.75, 3.05) is 5.73 Å². The molecule has 1 aliphatic carbocycles. The van der Waals surface area contributed by atoms with Gasteiger partial charge < -0.3 is 16.5 Å². The summed E-state index contributed by atoms with van der Waals surface area (Å²) in [7, 11) is 0. The molecule has 102 valence electrons. The number of nitrogen functional groups attached to an aromatic ring is 1. The molecule has 2 aromatic heterocycles. The molecule has 1 saturated carbocycles. The standard InChI is InChI=1S/C12H18N6O/c13-7-5-3-1-2-4-6(7)9-15-8-10(16-9)17-12(14)18-11(8)19/h6-7H,1-5,13H2,(H4,14,15,16,17,18,19). The highest BCUT2D eigenvalue weighted by atomic mass is 16.1. The number of aromatic nitrogens is 4. The molecule has 2 aromatic rings. The maximum atomic E-state index is 11.8. The molecule has 3 rings (SSSR count). The molecule has 2 unspecified atom stereocenters. The number of nitrogens with two attached hydrogens (primary N) is 2. The van der Waals surface area contributed by atoms with Crippen molar-refractivity contribution in [3.63, 3.8) is 0 Å². The lowest BCUT2D eigenvalue weighted by Crippen LogP contribution is -2.28. The number of nitrogens with one attached hydrogen (secondary N) is 2. The third-order valence-corrected chi connectivity index (χ3v) is 3.82. The van der Waals surface area contributed by atoms with Gasteiger partial charge in [0.05, 0.1) is 0 Å². The van der Waals surface area contributed by atoms with Crippen LogP contribution in [-0.4, -0.2) is 26.0 Å². The Balaban J connectivity index is 2.05. The number of rotatable bonds is 1. The molecular formula is C12H18N6O. The Labute approximate surface area is 109 Å². The van der Waals surface area contributed by atoms with Crippen LogP contribution in [0, 0.1) is 0 Å². The zero-order valence-corrected chi connectivity index (χ0v) is 10.6. The van der Waals surface area contributed by atoms with Crippen LogP contribution in [0.25, 0.3) is 11.2 Å². The van der Waals surface area contributed by atoms with Gasteiger partial charge in [-0.1, -0.05) is 19.3 Å². The molecule has 0 radical (unpaired) electrons. The van der Waals surface area contributed by atoms with Crippen molar-refractivity contribution in [1.82, 2.24) is 19.9 Å². The second kappa shape index (κ2) is 4.65.